The van der Waals surface area contributed by atoms with E-state index in [-0.39, 0.29) is 23.6 Å². The highest BCUT2D eigenvalue weighted by atomic mass is 19.1. The van der Waals surface area contributed by atoms with Crippen molar-refractivity contribution in [3.05, 3.63) is 59.7 Å². The third kappa shape index (κ3) is 2.84. The lowest BCUT2D eigenvalue weighted by atomic mass is 9.75. The van der Waals surface area contributed by atoms with Crippen LogP contribution < -0.4 is 10.1 Å². The van der Waals surface area contributed by atoms with Crippen LogP contribution in [0.25, 0.3) is 0 Å². The van der Waals surface area contributed by atoms with Gasteiger partial charge in [-0.25, -0.2) is 8.78 Å². The lowest BCUT2D eigenvalue weighted by molar-refractivity contribution is 0.362. The van der Waals surface area contributed by atoms with Crippen LogP contribution in [0.5, 0.6) is 5.75 Å². The van der Waals surface area contributed by atoms with E-state index in [9.17, 15) is 8.78 Å². The summed E-state index contributed by atoms with van der Waals surface area (Å²) in [5, 5.41) is 3.16. The number of halogens is 2. The van der Waals surface area contributed by atoms with Crippen LogP contribution in [0, 0.1) is 11.6 Å². The number of hydrogen-bond donors (Lipinski definition) is 1. The Hall–Kier alpha value is -2.10. The average Bonchev–Trinajstić information content (AvgIpc) is 2.45. The number of rotatable bonds is 4. The molecule has 1 saturated carbocycles. The summed E-state index contributed by atoms with van der Waals surface area (Å²) >= 11 is 0. The molecule has 1 aliphatic carbocycles. The third-order valence-electron chi connectivity index (χ3n) is 4.02. The van der Waals surface area contributed by atoms with Gasteiger partial charge >= 0.3 is 0 Å². The topological polar surface area (TPSA) is 21.3 Å². The van der Waals surface area contributed by atoms with Crippen LogP contribution in [-0.4, -0.2) is 13.2 Å². The molecular formula is C17H17F2NO. The second-order valence-corrected chi connectivity index (χ2v) is 5.38. The molecule has 0 aliphatic heterocycles. The van der Waals surface area contributed by atoms with Gasteiger partial charge in [-0.2, -0.15) is 0 Å². The minimum Gasteiger partial charge on any atom is -0.497 e. The lowest BCUT2D eigenvalue weighted by Gasteiger charge is -2.37. The number of anilines is 1. The van der Waals surface area contributed by atoms with Crippen LogP contribution >= 0.6 is 0 Å². The molecule has 3 rings (SSSR count). The van der Waals surface area contributed by atoms with E-state index >= 15 is 0 Å². The maximum absolute atomic E-state index is 13.7. The van der Waals surface area contributed by atoms with E-state index in [2.05, 4.69) is 5.32 Å². The van der Waals surface area contributed by atoms with Gasteiger partial charge in [0.1, 0.15) is 17.4 Å². The highest BCUT2D eigenvalue weighted by molar-refractivity contribution is 5.51. The fourth-order valence-corrected chi connectivity index (χ4v) is 2.76. The molecule has 0 atom stereocenters. The molecule has 0 radical (unpaired) electrons. The summed E-state index contributed by atoms with van der Waals surface area (Å²) in [7, 11) is 1.55. The largest absolute Gasteiger partial charge is 0.497 e. The molecule has 1 N–H and O–H groups in total. The van der Waals surface area contributed by atoms with Crippen molar-refractivity contribution in [2.45, 2.75) is 24.8 Å². The van der Waals surface area contributed by atoms with Crippen LogP contribution in [0.1, 0.15) is 24.3 Å². The molecule has 0 saturated heterocycles. The molecule has 1 fully saturated rings. The molecule has 2 nitrogen and oxygen atoms in total. The average molecular weight is 289 g/mol. The highest BCUT2D eigenvalue weighted by Crippen LogP contribution is 2.40. The summed E-state index contributed by atoms with van der Waals surface area (Å²) in [6.07, 6.45) is 1.61. The van der Waals surface area contributed by atoms with Crippen molar-refractivity contribution in [3.8, 4) is 5.75 Å². The molecule has 21 heavy (non-hydrogen) atoms. The minimum absolute atomic E-state index is 0.159. The molecule has 0 spiro atoms. The monoisotopic (exact) mass is 289 g/mol. The summed E-state index contributed by atoms with van der Waals surface area (Å²) in [6.45, 7) is 0. The van der Waals surface area contributed by atoms with Gasteiger partial charge in [0.25, 0.3) is 0 Å². The van der Waals surface area contributed by atoms with Gasteiger partial charge in [-0.3, -0.25) is 0 Å². The van der Waals surface area contributed by atoms with Gasteiger partial charge in [-0.05, 0) is 42.5 Å². The van der Waals surface area contributed by atoms with Crippen molar-refractivity contribution in [2.24, 2.45) is 0 Å². The van der Waals surface area contributed by atoms with Crippen molar-refractivity contribution < 1.29 is 13.5 Å². The molecule has 4 heteroatoms. The smallest absolute Gasteiger partial charge is 0.146 e. The predicted molar refractivity (Wildman–Crippen MR) is 78.7 cm³/mol. The van der Waals surface area contributed by atoms with Crippen LogP contribution in [-0.2, 0) is 0 Å². The molecular weight excluding hydrogens is 272 g/mol. The van der Waals surface area contributed by atoms with Crippen LogP contribution in [0.15, 0.2) is 42.5 Å². The maximum Gasteiger partial charge on any atom is 0.146 e. The fourth-order valence-electron chi connectivity index (χ4n) is 2.76. The number of methoxy groups -OCH3 is 1. The minimum atomic E-state index is -0.301. The molecule has 0 heterocycles. The van der Waals surface area contributed by atoms with E-state index in [0.717, 1.165) is 18.4 Å². The summed E-state index contributed by atoms with van der Waals surface area (Å²) in [5.74, 6) is 0.361. The van der Waals surface area contributed by atoms with Crippen LogP contribution in [0.4, 0.5) is 14.5 Å². The number of nitrogens with one attached hydrogen (secondary N) is 1. The van der Waals surface area contributed by atoms with E-state index in [4.69, 9.17) is 4.74 Å². The Balaban J connectivity index is 1.64. The van der Waals surface area contributed by atoms with E-state index in [1.54, 1.807) is 25.3 Å². The van der Waals surface area contributed by atoms with Crippen LogP contribution in [0.3, 0.4) is 0 Å². The summed E-state index contributed by atoms with van der Waals surface area (Å²) < 4.78 is 32.5. The van der Waals surface area contributed by atoms with Crippen molar-refractivity contribution in [1.82, 2.24) is 0 Å². The molecule has 110 valence electrons. The Bertz CT molecular complexity index is 638. The Labute approximate surface area is 122 Å². The summed E-state index contributed by atoms with van der Waals surface area (Å²) in [4.78, 5) is 0. The summed E-state index contributed by atoms with van der Waals surface area (Å²) in [5.41, 5.74) is 1.19. The standard InChI is InChI=1S/C17H17F2NO/c1-21-13-6-7-16(19)17(10-13)20-12-8-11(9-12)14-4-2-3-5-15(14)18/h2-7,10-12,20H,8-9H2,1H3. The Morgan fingerprint density at radius 1 is 1.05 bits per heavy atom. The first-order valence-corrected chi connectivity index (χ1v) is 7.02. The maximum atomic E-state index is 13.7. The number of hydrogen-bond acceptors (Lipinski definition) is 2. The van der Waals surface area contributed by atoms with Crippen molar-refractivity contribution >= 4 is 5.69 Å². The van der Waals surface area contributed by atoms with E-state index in [1.807, 2.05) is 12.1 Å². The van der Waals surface area contributed by atoms with Gasteiger partial charge < -0.3 is 10.1 Å². The first-order valence-electron chi connectivity index (χ1n) is 7.02. The molecule has 2 aromatic carbocycles. The highest BCUT2D eigenvalue weighted by Gasteiger charge is 2.32. The van der Waals surface area contributed by atoms with Gasteiger partial charge in [0, 0.05) is 12.1 Å². The molecule has 0 amide bonds. The quantitative estimate of drug-likeness (QED) is 0.904. The van der Waals surface area contributed by atoms with E-state index in [1.165, 1.54) is 12.1 Å². The Kier molecular flexibility index (Phi) is 3.78. The third-order valence-corrected chi connectivity index (χ3v) is 4.02. The number of ether oxygens (including phenoxy) is 1. The van der Waals surface area contributed by atoms with Gasteiger partial charge in [-0.15, -0.1) is 0 Å². The fraction of sp³-hybridized carbons (Fsp3) is 0.294. The zero-order valence-corrected chi connectivity index (χ0v) is 11.8. The SMILES string of the molecule is COc1ccc(F)c(NC2CC(c3ccccc3F)C2)c1. The second-order valence-electron chi connectivity index (χ2n) is 5.38. The zero-order valence-electron chi connectivity index (χ0n) is 11.8. The second kappa shape index (κ2) is 5.72. The Morgan fingerprint density at radius 2 is 1.81 bits per heavy atom. The van der Waals surface area contributed by atoms with E-state index in [0.29, 0.717) is 11.4 Å². The first kappa shape index (κ1) is 13.9. The van der Waals surface area contributed by atoms with E-state index < -0.39 is 0 Å². The van der Waals surface area contributed by atoms with Gasteiger partial charge in [0.05, 0.1) is 12.8 Å². The predicted octanol–water partition coefficient (Wildman–Crippen LogP) is 4.33. The normalized spacial score (nSPS) is 20.7. The molecule has 2 aromatic rings. The molecule has 0 aromatic heterocycles. The first-order chi connectivity index (χ1) is 10.2. The van der Waals surface area contributed by atoms with Crippen molar-refractivity contribution in [1.29, 1.82) is 0 Å². The van der Waals surface area contributed by atoms with Crippen molar-refractivity contribution in [2.75, 3.05) is 12.4 Å². The zero-order chi connectivity index (χ0) is 14.8. The Morgan fingerprint density at radius 3 is 2.52 bits per heavy atom. The summed E-state index contributed by atoms with van der Waals surface area (Å²) in [6, 6.07) is 11.6. The molecule has 0 bridgehead atoms. The molecule has 0 unspecified atom stereocenters. The van der Waals surface area contributed by atoms with Crippen LogP contribution in [0.2, 0.25) is 0 Å². The van der Waals surface area contributed by atoms with Gasteiger partial charge in [0.15, 0.2) is 0 Å². The number of benzene rings is 2. The molecule has 1 aliphatic rings. The lowest BCUT2D eigenvalue weighted by Crippen LogP contribution is -2.34. The van der Waals surface area contributed by atoms with Gasteiger partial charge in [-0.1, -0.05) is 18.2 Å². The van der Waals surface area contributed by atoms with Crippen molar-refractivity contribution in [3.63, 3.8) is 0 Å². The van der Waals surface area contributed by atoms with Gasteiger partial charge in [0.2, 0.25) is 0 Å².